The number of benzene rings is 3. The first-order valence-electron chi connectivity index (χ1n) is 23.9. The lowest BCUT2D eigenvalue weighted by atomic mass is 9.84. The van der Waals surface area contributed by atoms with Gasteiger partial charge in [-0.3, -0.25) is 28.6 Å². The first-order valence-corrected chi connectivity index (χ1v) is 26.5. The average Bonchev–Trinajstić information content (AvgIpc) is 3.58. The molecule has 2 aliphatic carbocycles. The smallest absolute Gasteiger partial charge is 0.355 e. The fourth-order valence-corrected chi connectivity index (χ4v) is 14.2. The van der Waals surface area contributed by atoms with Gasteiger partial charge >= 0.3 is 13.5 Å². The second-order valence-electron chi connectivity index (χ2n) is 19.6. The van der Waals surface area contributed by atoms with Crippen LogP contribution in [0.4, 0.5) is 13.2 Å². The number of para-hydroxylation sites is 1. The van der Waals surface area contributed by atoms with Crippen LogP contribution in [0.15, 0.2) is 83.8 Å². The van der Waals surface area contributed by atoms with Crippen molar-refractivity contribution < 1.29 is 46.2 Å². The summed E-state index contributed by atoms with van der Waals surface area (Å²) in [6.07, 6.45) is 5.46. The van der Waals surface area contributed by atoms with Crippen molar-refractivity contribution in [2.75, 3.05) is 20.2 Å². The van der Waals surface area contributed by atoms with Crippen LogP contribution in [0.25, 0.3) is 0 Å². The largest absolute Gasteiger partial charge is 0.465 e. The van der Waals surface area contributed by atoms with Crippen molar-refractivity contribution in [3.05, 3.63) is 95.6 Å². The Balaban J connectivity index is 0.921. The summed E-state index contributed by atoms with van der Waals surface area (Å²) >= 11 is 1.29. The number of hydrogen-bond acceptors (Lipinski definition) is 9. The Kier molecular flexibility index (Phi) is 13.7. The highest BCUT2D eigenvalue weighted by Gasteiger charge is 2.59. The van der Waals surface area contributed by atoms with Gasteiger partial charge in [0.25, 0.3) is 5.92 Å². The Morgan fingerprint density at radius 1 is 0.955 bits per heavy atom. The molecule has 5 fully saturated rings. The summed E-state index contributed by atoms with van der Waals surface area (Å²) in [5.41, 5.74) is 1.66. The molecule has 3 amide bonds. The third-order valence-electron chi connectivity index (χ3n) is 15.0. The Morgan fingerprint density at radius 2 is 1.67 bits per heavy atom. The highest BCUT2D eigenvalue weighted by molar-refractivity contribution is 8.01. The van der Waals surface area contributed by atoms with Gasteiger partial charge in [0.15, 0.2) is 0 Å². The maximum absolute atomic E-state index is 16.7. The van der Waals surface area contributed by atoms with Gasteiger partial charge in [0.1, 0.15) is 23.9 Å². The Morgan fingerprint density at radius 3 is 2.36 bits per heavy atom. The van der Waals surface area contributed by atoms with E-state index in [9.17, 15) is 32.5 Å². The quantitative estimate of drug-likeness (QED) is 0.113. The molecule has 1 spiro atoms. The van der Waals surface area contributed by atoms with E-state index in [4.69, 9.17) is 9.26 Å². The summed E-state index contributed by atoms with van der Waals surface area (Å²) < 4.78 is 70.5. The van der Waals surface area contributed by atoms with Crippen molar-refractivity contribution in [3.8, 4) is 5.75 Å². The third kappa shape index (κ3) is 9.92. The van der Waals surface area contributed by atoms with E-state index in [1.165, 1.54) is 42.4 Å². The molecular formula is C50H61F3N5O7PS. The predicted molar refractivity (Wildman–Crippen MR) is 249 cm³/mol. The minimum absolute atomic E-state index is 0.0349. The van der Waals surface area contributed by atoms with Crippen molar-refractivity contribution >= 4 is 43.0 Å². The third-order valence-corrected chi connectivity index (χ3v) is 18.4. The molecule has 9 rings (SSSR count). The fraction of sp³-hybridized carbons (Fsp3) is 0.560. The van der Waals surface area contributed by atoms with Crippen LogP contribution in [0.2, 0.25) is 0 Å². The van der Waals surface area contributed by atoms with Gasteiger partial charge in [-0.05, 0) is 113 Å². The minimum atomic E-state index is -4.48. The molecule has 17 heteroatoms. The summed E-state index contributed by atoms with van der Waals surface area (Å²) in [6, 6.07) is 19.5. The van der Waals surface area contributed by atoms with Gasteiger partial charge in [-0.15, -0.1) is 11.8 Å². The van der Waals surface area contributed by atoms with Crippen molar-refractivity contribution in [3.63, 3.8) is 0 Å². The fourth-order valence-electron chi connectivity index (χ4n) is 11.1. The summed E-state index contributed by atoms with van der Waals surface area (Å²) in [5, 5.41) is 4.99. The van der Waals surface area contributed by atoms with E-state index in [0.29, 0.717) is 44.2 Å². The number of halogens is 3. The molecule has 2 saturated carbocycles. The van der Waals surface area contributed by atoms with Crippen LogP contribution in [-0.2, 0) is 34.9 Å². The molecule has 3 aromatic carbocycles. The molecule has 0 radical (unpaired) electrons. The molecule has 6 aliphatic rings. The number of carbonyl (C=O) groups is 4. The van der Waals surface area contributed by atoms with E-state index in [0.717, 1.165) is 24.2 Å². The molecular weight excluding hydrogens is 903 g/mol. The number of alkyl halides is 3. The van der Waals surface area contributed by atoms with E-state index in [-0.39, 0.29) is 90.9 Å². The summed E-state index contributed by atoms with van der Waals surface area (Å²) in [4.78, 5) is 63.3. The molecule has 0 aromatic heterocycles. The number of ether oxygens (including phenoxy) is 1. The van der Waals surface area contributed by atoms with Crippen LogP contribution in [-0.4, -0.2) is 112 Å². The zero-order valence-electron chi connectivity index (χ0n) is 38.3. The maximum Gasteiger partial charge on any atom is 0.355 e. The van der Waals surface area contributed by atoms with E-state index in [2.05, 4.69) is 22.5 Å². The van der Waals surface area contributed by atoms with Crippen molar-refractivity contribution in [2.45, 2.75) is 161 Å². The highest BCUT2D eigenvalue weighted by Crippen LogP contribution is 2.59. The Bertz CT molecular complexity index is 2370. The molecule has 3 aromatic rings. The SMILES string of the molecule is CCCOC(=O)[C@H](C)NP(=O)(Oc1ccccc1)[C@@H](F)c1ccc2c(c1)CC(C(=O)N[C@H]1CC[C@H](N(C)C3CC(F)(F)C3)C[C@H]3CC[C@@H](C(=O)N4C[C@H](c5ccccc5)CC45CC5)N3C1=O)S2. The molecule has 4 heterocycles. The number of fused-ring (bicyclic) bond motifs is 2. The van der Waals surface area contributed by atoms with Crippen LogP contribution < -0.4 is 14.9 Å². The van der Waals surface area contributed by atoms with Gasteiger partial charge < -0.3 is 24.4 Å². The molecule has 3 saturated heterocycles. The molecule has 360 valence electrons. The van der Waals surface area contributed by atoms with Gasteiger partial charge in [0.2, 0.25) is 23.6 Å². The molecule has 67 heavy (non-hydrogen) atoms. The summed E-state index contributed by atoms with van der Waals surface area (Å²) in [5.74, 6) is -6.00. The summed E-state index contributed by atoms with van der Waals surface area (Å²) in [7, 11) is -2.60. The van der Waals surface area contributed by atoms with Crippen molar-refractivity contribution in [2.24, 2.45) is 0 Å². The number of esters is 1. The number of likely N-dealkylation sites (tertiary alicyclic amines) is 1. The zero-order valence-corrected chi connectivity index (χ0v) is 40.0. The second-order valence-corrected chi connectivity index (χ2v) is 23.0. The molecule has 12 nitrogen and oxygen atoms in total. The normalized spacial score (nSPS) is 28.1. The van der Waals surface area contributed by atoms with Crippen molar-refractivity contribution in [1.29, 1.82) is 0 Å². The lowest BCUT2D eigenvalue weighted by molar-refractivity contribution is -0.150. The lowest BCUT2D eigenvalue weighted by Crippen LogP contribution is -2.60. The monoisotopic (exact) mass is 963 g/mol. The zero-order chi connectivity index (χ0) is 47.3. The lowest BCUT2D eigenvalue weighted by Gasteiger charge is -2.47. The summed E-state index contributed by atoms with van der Waals surface area (Å²) in [6.45, 7) is 4.00. The second kappa shape index (κ2) is 19.2. The van der Waals surface area contributed by atoms with Gasteiger partial charge in [-0.25, -0.2) is 18.3 Å². The van der Waals surface area contributed by atoms with E-state index < -0.39 is 48.7 Å². The maximum atomic E-state index is 16.7. The molecule has 4 aliphatic heterocycles. The van der Waals surface area contributed by atoms with Crippen LogP contribution in [0, 0.1) is 0 Å². The van der Waals surface area contributed by atoms with E-state index in [1.54, 1.807) is 35.2 Å². The Labute approximate surface area is 394 Å². The van der Waals surface area contributed by atoms with E-state index >= 15 is 4.39 Å². The molecule has 0 bridgehead atoms. The van der Waals surface area contributed by atoms with E-state index in [1.807, 2.05) is 42.0 Å². The van der Waals surface area contributed by atoms with Crippen molar-refractivity contribution in [1.82, 2.24) is 25.1 Å². The van der Waals surface area contributed by atoms with Gasteiger partial charge in [-0.2, -0.15) is 0 Å². The first-order chi connectivity index (χ1) is 32.1. The molecule has 2 N–H and O–H groups in total. The van der Waals surface area contributed by atoms with Crippen LogP contribution in [0.3, 0.4) is 0 Å². The van der Waals surface area contributed by atoms with Gasteiger partial charge in [0.05, 0.1) is 11.9 Å². The van der Waals surface area contributed by atoms with Gasteiger partial charge in [-0.1, -0.05) is 67.6 Å². The number of rotatable bonds is 15. The number of amides is 3. The molecule has 9 atom stereocenters. The predicted octanol–water partition coefficient (Wildman–Crippen LogP) is 8.55. The minimum Gasteiger partial charge on any atom is -0.465 e. The Hall–Kier alpha value is -4.37. The number of hydrogen-bond donors (Lipinski definition) is 2. The number of carbonyl (C=O) groups excluding carboxylic acids is 4. The average molecular weight is 964 g/mol. The first kappa shape index (κ1) is 47.7. The van der Waals surface area contributed by atoms with Crippen LogP contribution in [0.1, 0.15) is 113 Å². The number of nitrogens with zero attached hydrogens (tertiary/aromatic N) is 3. The standard InChI is InChI=1S/C50H61F3N5O7PS/c1-4-23-64-48(62)31(2)55-66(63,65-39-13-9-6-10-14-39)44(51)33-15-20-42-34(24-33)25-43(67-42)45(59)54-40-18-16-36(56(3)38-28-50(52,53)29-38)26-37-17-19-41(58(37)46(40)60)47(61)57-30-35(27-49(57)21-22-49)32-11-7-5-8-12-32/h5-15,20,24,31,35-38,40-41,43-44H,4,16-19,21-23,25-30H2,1-3H3,(H,54,59)(H,55,63)/t31-,35+,36-,37+,40-,41-,43?,44+,66?/m0/s1. The topological polar surface area (TPSA) is 138 Å². The number of nitrogens with one attached hydrogen (secondary N) is 2. The molecule has 2 unspecified atom stereocenters. The highest BCUT2D eigenvalue weighted by atomic mass is 32.2. The van der Waals surface area contributed by atoms with Crippen LogP contribution in [0.5, 0.6) is 5.75 Å². The number of thioether (sulfide) groups is 1. The van der Waals surface area contributed by atoms with Gasteiger partial charge in [0, 0.05) is 53.9 Å². The van der Waals surface area contributed by atoms with Crippen LogP contribution >= 0.6 is 19.3 Å².